The van der Waals surface area contributed by atoms with Crippen molar-refractivity contribution in [2.24, 2.45) is 11.8 Å². The molecule has 0 aliphatic heterocycles. The Morgan fingerprint density at radius 3 is 2.24 bits per heavy atom. The van der Waals surface area contributed by atoms with E-state index >= 15 is 0 Å². The van der Waals surface area contributed by atoms with Crippen LogP contribution in [0.25, 0.3) is 0 Å². The lowest BCUT2D eigenvalue weighted by molar-refractivity contribution is -0.147. The van der Waals surface area contributed by atoms with Crippen molar-refractivity contribution in [1.29, 1.82) is 0 Å². The second-order valence-corrected chi connectivity index (χ2v) is 4.20. The fourth-order valence-electron chi connectivity index (χ4n) is 1.70. The Bertz CT molecular complexity index is 382. The van der Waals surface area contributed by atoms with Crippen LogP contribution in [-0.2, 0) is 9.53 Å². The number of esters is 1. The summed E-state index contributed by atoms with van der Waals surface area (Å²) in [5.74, 6) is -1.38. The Labute approximate surface area is 102 Å². The normalized spacial score (nSPS) is 12.2. The van der Waals surface area contributed by atoms with Gasteiger partial charge in [-0.05, 0) is 12.8 Å². The molecular formula is C14H18O3. The predicted octanol–water partition coefficient (Wildman–Crippen LogP) is 2.70. The number of benzene rings is 1. The van der Waals surface area contributed by atoms with Crippen molar-refractivity contribution in [3.63, 3.8) is 0 Å². The Kier molecular flexibility index (Phi) is 4.88. The zero-order valence-electron chi connectivity index (χ0n) is 10.5. The van der Waals surface area contributed by atoms with Crippen molar-refractivity contribution >= 4 is 11.8 Å². The lowest BCUT2D eigenvalue weighted by Gasteiger charge is -2.17. The fraction of sp³-hybridized carbons (Fsp3) is 0.429. The summed E-state index contributed by atoms with van der Waals surface area (Å²) in [5.41, 5.74) is 0.555. The summed E-state index contributed by atoms with van der Waals surface area (Å²) in [4.78, 5) is 24.0. The van der Waals surface area contributed by atoms with Crippen LogP contribution in [0.2, 0.25) is 0 Å². The van der Waals surface area contributed by atoms with Gasteiger partial charge in [-0.3, -0.25) is 9.59 Å². The van der Waals surface area contributed by atoms with Crippen LogP contribution in [-0.4, -0.2) is 18.4 Å². The average Bonchev–Trinajstić information content (AvgIpc) is 2.30. The molecular weight excluding hydrogens is 216 g/mol. The number of hydrogen-bond acceptors (Lipinski definition) is 3. The first-order valence-electron chi connectivity index (χ1n) is 5.83. The number of carbonyl (C=O) groups is 2. The summed E-state index contributed by atoms with van der Waals surface area (Å²) in [6, 6.07) is 8.85. The molecule has 0 radical (unpaired) electrons. The van der Waals surface area contributed by atoms with Crippen molar-refractivity contribution < 1.29 is 14.3 Å². The van der Waals surface area contributed by atoms with E-state index in [4.69, 9.17) is 4.74 Å². The Hall–Kier alpha value is -1.64. The standard InChI is InChI=1S/C14H18O3/c1-4-17-14(16)12(10(2)3)13(15)11-8-6-5-7-9-11/h5-10,12H,4H2,1-3H3. The highest BCUT2D eigenvalue weighted by Crippen LogP contribution is 2.19. The molecule has 1 aromatic carbocycles. The first-order chi connectivity index (χ1) is 8.07. The van der Waals surface area contributed by atoms with Gasteiger partial charge in [0.1, 0.15) is 5.92 Å². The summed E-state index contributed by atoms with van der Waals surface area (Å²) in [7, 11) is 0. The third kappa shape index (κ3) is 3.41. The summed E-state index contributed by atoms with van der Waals surface area (Å²) < 4.78 is 4.95. The molecule has 3 heteroatoms. The second kappa shape index (κ2) is 6.18. The van der Waals surface area contributed by atoms with E-state index in [0.717, 1.165) is 0 Å². The number of carbonyl (C=O) groups excluding carboxylic acids is 2. The molecule has 17 heavy (non-hydrogen) atoms. The Balaban J connectivity index is 2.92. The van der Waals surface area contributed by atoms with Crippen molar-refractivity contribution in [2.45, 2.75) is 20.8 Å². The van der Waals surface area contributed by atoms with E-state index in [9.17, 15) is 9.59 Å². The van der Waals surface area contributed by atoms with Crippen molar-refractivity contribution in [3.8, 4) is 0 Å². The number of ketones is 1. The van der Waals surface area contributed by atoms with Gasteiger partial charge in [0.25, 0.3) is 0 Å². The number of Topliss-reactive ketones (excluding diaryl/α,β-unsaturated/α-hetero) is 1. The lowest BCUT2D eigenvalue weighted by Crippen LogP contribution is -2.30. The van der Waals surface area contributed by atoms with E-state index in [2.05, 4.69) is 0 Å². The third-order valence-corrected chi connectivity index (χ3v) is 2.55. The number of ether oxygens (including phenoxy) is 1. The van der Waals surface area contributed by atoms with E-state index in [0.29, 0.717) is 12.2 Å². The summed E-state index contributed by atoms with van der Waals surface area (Å²) in [5, 5.41) is 0. The van der Waals surface area contributed by atoms with Gasteiger partial charge < -0.3 is 4.74 Å². The van der Waals surface area contributed by atoms with Gasteiger partial charge in [0.2, 0.25) is 0 Å². The molecule has 0 saturated carbocycles. The molecule has 0 spiro atoms. The second-order valence-electron chi connectivity index (χ2n) is 4.20. The van der Waals surface area contributed by atoms with Crippen LogP contribution in [0.15, 0.2) is 30.3 Å². The predicted molar refractivity (Wildman–Crippen MR) is 65.7 cm³/mol. The van der Waals surface area contributed by atoms with E-state index in [1.807, 2.05) is 19.9 Å². The van der Waals surface area contributed by atoms with Gasteiger partial charge in [0.15, 0.2) is 5.78 Å². The highest BCUT2D eigenvalue weighted by molar-refractivity contribution is 6.08. The SMILES string of the molecule is CCOC(=O)C(C(=O)c1ccccc1)C(C)C. The monoisotopic (exact) mass is 234 g/mol. The smallest absolute Gasteiger partial charge is 0.317 e. The van der Waals surface area contributed by atoms with Crippen LogP contribution in [0.4, 0.5) is 0 Å². The van der Waals surface area contributed by atoms with Crippen LogP contribution in [0, 0.1) is 11.8 Å². The quantitative estimate of drug-likeness (QED) is 0.447. The molecule has 0 heterocycles. The zero-order chi connectivity index (χ0) is 12.8. The van der Waals surface area contributed by atoms with Crippen molar-refractivity contribution in [1.82, 2.24) is 0 Å². The third-order valence-electron chi connectivity index (χ3n) is 2.55. The van der Waals surface area contributed by atoms with E-state index in [-0.39, 0.29) is 11.7 Å². The summed E-state index contributed by atoms with van der Waals surface area (Å²) in [6.07, 6.45) is 0. The molecule has 0 aromatic heterocycles. The maximum atomic E-state index is 12.2. The average molecular weight is 234 g/mol. The summed E-state index contributed by atoms with van der Waals surface area (Å²) in [6.45, 7) is 5.73. The van der Waals surface area contributed by atoms with Gasteiger partial charge >= 0.3 is 5.97 Å². The minimum absolute atomic E-state index is 0.0678. The lowest BCUT2D eigenvalue weighted by atomic mass is 9.88. The number of rotatable bonds is 5. The summed E-state index contributed by atoms with van der Waals surface area (Å²) >= 11 is 0. The van der Waals surface area contributed by atoms with Gasteiger partial charge in [0, 0.05) is 5.56 Å². The molecule has 0 saturated heterocycles. The van der Waals surface area contributed by atoms with Gasteiger partial charge in [-0.1, -0.05) is 44.2 Å². The van der Waals surface area contributed by atoms with Crippen LogP contribution in [0.3, 0.4) is 0 Å². The van der Waals surface area contributed by atoms with Gasteiger partial charge in [-0.2, -0.15) is 0 Å². The Morgan fingerprint density at radius 1 is 1.18 bits per heavy atom. The highest BCUT2D eigenvalue weighted by Gasteiger charge is 2.31. The van der Waals surface area contributed by atoms with Crippen LogP contribution in [0.1, 0.15) is 31.1 Å². The Morgan fingerprint density at radius 2 is 1.76 bits per heavy atom. The molecule has 92 valence electrons. The van der Waals surface area contributed by atoms with E-state index in [1.54, 1.807) is 31.2 Å². The molecule has 1 unspecified atom stereocenters. The van der Waals surface area contributed by atoms with Crippen LogP contribution in [0.5, 0.6) is 0 Å². The maximum Gasteiger partial charge on any atom is 0.317 e. The minimum Gasteiger partial charge on any atom is -0.465 e. The van der Waals surface area contributed by atoms with Gasteiger partial charge in [-0.25, -0.2) is 0 Å². The largest absolute Gasteiger partial charge is 0.465 e. The van der Waals surface area contributed by atoms with Crippen LogP contribution < -0.4 is 0 Å². The van der Waals surface area contributed by atoms with E-state index in [1.165, 1.54) is 0 Å². The molecule has 0 N–H and O–H groups in total. The fourth-order valence-corrected chi connectivity index (χ4v) is 1.70. The number of hydrogen-bond donors (Lipinski definition) is 0. The van der Waals surface area contributed by atoms with Gasteiger partial charge in [0.05, 0.1) is 6.61 Å². The minimum atomic E-state index is -0.711. The van der Waals surface area contributed by atoms with Gasteiger partial charge in [-0.15, -0.1) is 0 Å². The zero-order valence-corrected chi connectivity index (χ0v) is 10.5. The molecule has 0 amide bonds. The molecule has 0 fully saturated rings. The van der Waals surface area contributed by atoms with Crippen LogP contribution >= 0.6 is 0 Å². The molecule has 1 rings (SSSR count). The highest BCUT2D eigenvalue weighted by atomic mass is 16.5. The topological polar surface area (TPSA) is 43.4 Å². The molecule has 0 aliphatic rings. The molecule has 1 atom stereocenters. The van der Waals surface area contributed by atoms with E-state index < -0.39 is 11.9 Å². The first kappa shape index (κ1) is 13.4. The van der Waals surface area contributed by atoms with Crippen molar-refractivity contribution in [2.75, 3.05) is 6.61 Å². The molecule has 0 bridgehead atoms. The first-order valence-corrected chi connectivity index (χ1v) is 5.83. The maximum absolute atomic E-state index is 12.2. The molecule has 0 aliphatic carbocycles. The molecule has 3 nitrogen and oxygen atoms in total. The molecule has 1 aromatic rings. The van der Waals surface area contributed by atoms with Crippen molar-refractivity contribution in [3.05, 3.63) is 35.9 Å².